The van der Waals surface area contributed by atoms with Gasteiger partial charge in [0.25, 0.3) is 0 Å². The Morgan fingerprint density at radius 3 is 2.79 bits per heavy atom. The van der Waals surface area contributed by atoms with E-state index in [2.05, 4.69) is 17.3 Å². The molecule has 1 aromatic carbocycles. The maximum atomic E-state index is 11.6. The van der Waals surface area contributed by atoms with Crippen LogP contribution in [0.4, 0.5) is 11.4 Å². The minimum Gasteiger partial charge on any atom is -0.396 e. The number of likely N-dealkylation sites (N-methyl/N-ethyl adjacent to an activating group) is 1. The lowest BCUT2D eigenvalue weighted by Crippen LogP contribution is -2.39. The number of para-hydroxylation sites is 1. The molecule has 1 aliphatic heterocycles. The van der Waals surface area contributed by atoms with Crippen LogP contribution in [0.25, 0.3) is 0 Å². The first-order chi connectivity index (χ1) is 8.88. The fraction of sp³-hybridized carbons (Fsp3) is 0.538. The van der Waals surface area contributed by atoms with Crippen molar-refractivity contribution < 1.29 is 8.42 Å². The summed E-state index contributed by atoms with van der Waals surface area (Å²) in [6.07, 6.45) is 3.39. The minimum absolute atomic E-state index is 0.196. The lowest BCUT2D eigenvalue weighted by atomic mass is 10.1. The van der Waals surface area contributed by atoms with Crippen LogP contribution in [0.1, 0.15) is 12.8 Å². The third-order valence-corrected chi connectivity index (χ3v) is 4.60. The Kier molecular flexibility index (Phi) is 4.01. The van der Waals surface area contributed by atoms with Gasteiger partial charge in [0.05, 0.1) is 16.3 Å². The summed E-state index contributed by atoms with van der Waals surface area (Å²) in [5.41, 5.74) is 7.00. The highest BCUT2D eigenvalue weighted by Crippen LogP contribution is 2.28. The van der Waals surface area contributed by atoms with Crippen molar-refractivity contribution in [2.24, 2.45) is 0 Å². The molecule has 3 N–H and O–H groups in total. The molecule has 1 aromatic rings. The van der Waals surface area contributed by atoms with Crippen molar-refractivity contribution in [1.29, 1.82) is 0 Å². The molecule has 6 heteroatoms. The summed E-state index contributed by atoms with van der Waals surface area (Å²) in [5.74, 6) is 0. The van der Waals surface area contributed by atoms with E-state index in [9.17, 15) is 8.42 Å². The van der Waals surface area contributed by atoms with Gasteiger partial charge in [-0.05, 0) is 38.6 Å². The van der Waals surface area contributed by atoms with E-state index in [-0.39, 0.29) is 4.90 Å². The Bertz CT molecular complexity index is 557. The molecule has 0 amide bonds. The van der Waals surface area contributed by atoms with Gasteiger partial charge in [0.2, 0.25) is 0 Å². The van der Waals surface area contributed by atoms with Gasteiger partial charge >= 0.3 is 0 Å². The summed E-state index contributed by atoms with van der Waals surface area (Å²) in [6, 6.07) is 5.42. The number of likely N-dealkylation sites (tertiary alicyclic amines) is 1. The second kappa shape index (κ2) is 5.38. The molecule has 2 rings (SSSR count). The highest BCUT2D eigenvalue weighted by molar-refractivity contribution is 7.90. The van der Waals surface area contributed by atoms with Crippen molar-refractivity contribution in [3.05, 3.63) is 18.2 Å². The van der Waals surface area contributed by atoms with Gasteiger partial charge in [0.1, 0.15) is 0 Å². The molecule has 0 aromatic heterocycles. The lowest BCUT2D eigenvalue weighted by molar-refractivity contribution is 0.261. The van der Waals surface area contributed by atoms with Crippen molar-refractivity contribution in [1.82, 2.24) is 4.90 Å². The molecule has 0 radical (unpaired) electrons. The molecule has 1 atom stereocenters. The minimum atomic E-state index is -3.28. The van der Waals surface area contributed by atoms with Gasteiger partial charge < -0.3 is 16.0 Å². The summed E-state index contributed by atoms with van der Waals surface area (Å²) < 4.78 is 23.3. The molecular formula is C13H21N3O2S. The molecule has 0 aliphatic carbocycles. The summed E-state index contributed by atoms with van der Waals surface area (Å²) >= 11 is 0. The third-order valence-electron chi connectivity index (χ3n) is 3.45. The van der Waals surface area contributed by atoms with Crippen LogP contribution >= 0.6 is 0 Å². The second-order valence-corrected chi connectivity index (χ2v) is 7.22. The molecule has 1 heterocycles. The Balaban J connectivity index is 2.21. The summed E-state index contributed by atoms with van der Waals surface area (Å²) in [7, 11) is -1.20. The van der Waals surface area contributed by atoms with Crippen LogP contribution < -0.4 is 11.1 Å². The summed E-state index contributed by atoms with van der Waals surface area (Å²) in [6.45, 7) is 2.06. The molecule has 0 spiro atoms. The molecule has 0 saturated carbocycles. The first-order valence-electron chi connectivity index (χ1n) is 6.41. The molecular weight excluding hydrogens is 262 g/mol. The Morgan fingerprint density at radius 1 is 1.42 bits per heavy atom. The maximum absolute atomic E-state index is 11.6. The van der Waals surface area contributed by atoms with Crippen LogP contribution in [-0.4, -0.2) is 45.8 Å². The monoisotopic (exact) mass is 283 g/mol. The van der Waals surface area contributed by atoms with E-state index in [4.69, 9.17) is 5.73 Å². The number of benzene rings is 1. The number of hydrogen-bond donors (Lipinski definition) is 2. The number of anilines is 2. The van der Waals surface area contributed by atoms with Gasteiger partial charge in [-0.25, -0.2) is 8.42 Å². The molecule has 1 unspecified atom stereocenters. The van der Waals surface area contributed by atoms with Gasteiger partial charge in [-0.3, -0.25) is 0 Å². The zero-order chi connectivity index (χ0) is 14.0. The van der Waals surface area contributed by atoms with E-state index < -0.39 is 9.84 Å². The smallest absolute Gasteiger partial charge is 0.177 e. The van der Waals surface area contributed by atoms with Gasteiger partial charge in [-0.15, -0.1) is 0 Å². The van der Waals surface area contributed by atoms with E-state index in [1.54, 1.807) is 12.1 Å². The van der Waals surface area contributed by atoms with Crippen LogP contribution in [0.15, 0.2) is 23.1 Å². The van der Waals surface area contributed by atoms with Crippen molar-refractivity contribution in [3.8, 4) is 0 Å². The average molecular weight is 283 g/mol. The number of nitrogens with one attached hydrogen (secondary N) is 1. The maximum Gasteiger partial charge on any atom is 0.177 e. The van der Waals surface area contributed by atoms with Crippen LogP contribution in [-0.2, 0) is 9.84 Å². The van der Waals surface area contributed by atoms with E-state index in [1.165, 1.54) is 6.26 Å². The average Bonchev–Trinajstić information content (AvgIpc) is 2.30. The molecule has 1 aliphatic rings. The SMILES string of the molecule is CN1CCCC(Nc2cccc(S(C)(=O)=O)c2N)C1. The van der Waals surface area contributed by atoms with Crippen molar-refractivity contribution in [2.45, 2.75) is 23.8 Å². The summed E-state index contributed by atoms with van der Waals surface area (Å²) in [4.78, 5) is 2.46. The van der Waals surface area contributed by atoms with Gasteiger partial charge in [0.15, 0.2) is 9.84 Å². The molecule has 106 valence electrons. The first kappa shape index (κ1) is 14.1. The zero-order valence-corrected chi connectivity index (χ0v) is 12.2. The highest BCUT2D eigenvalue weighted by Gasteiger charge is 2.19. The number of sulfone groups is 1. The fourth-order valence-corrected chi connectivity index (χ4v) is 3.33. The number of nitrogens with two attached hydrogens (primary N) is 1. The van der Waals surface area contributed by atoms with E-state index in [1.807, 2.05) is 6.07 Å². The molecule has 5 nitrogen and oxygen atoms in total. The van der Waals surface area contributed by atoms with Crippen molar-refractivity contribution in [3.63, 3.8) is 0 Å². The van der Waals surface area contributed by atoms with E-state index in [0.29, 0.717) is 17.4 Å². The van der Waals surface area contributed by atoms with Gasteiger partial charge in [0, 0.05) is 18.8 Å². The van der Waals surface area contributed by atoms with Crippen LogP contribution in [0.2, 0.25) is 0 Å². The molecule has 1 saturated heterocycles. The standard InChI is InChI=1S/C13H21N3O2S/c1-16-8-4-5-10(9-16)15-11-6-3-7-12(13(11)14)19(2,17)18/h3,6-7,10,15H,4-5,8-9,14H2,1-2H3. The molecule has 19 heavy (non-hydrogen) atoms. The fourth-order valence-electron chi connectivity index (χ4n) is 2.50. The largest absolute Gasteiger partial charge is 0.396 e. The lowest BCUT2D eigenvalue weighted by Gasteiger charge is -2.31. The predicted molar refractivity (Wildman–Crippen MR) is 78.1 cm³/mol. The van der Waals surface area contributed by atoms with Crippen LogP contribution in [0, 0.1) is 0 Å². The predicted octanol–water partition coefficient (Wildman–Crippen LogP) is 1.18. The van der Waals surface area contributed by atoms with Crippen molar-refractivity contribution in [2.75, 3.05) is 37.4 Å². The number of piperidine rings is 1. The van der Waals surface area contributed by atoms with E-state index >= 15 is 0 Å². The number of hydrogen-bond acceptors (Lipinski definition) is 5. The molecule has 1 fully saturated rings. The van der Waals surface area contributed by atoms with Gasteiger partial charge in [-0.1, -0.05) is 6.07 Å². The second-order valence-electron chi connectivity index (χ2n) is 5.24. The zero-order valence-electron chi connectivity index (χ0n) is 11.4. The van der Waals surface area contributed by atoms with Crippen molar-refractivity contribution >= 4 is 21.2 Å². The number of rotatable bonds is 3. The first-order valence-corrected chi connectivity index (χ1v) is 8.30. The Hall–Kier alpha value is -1.27. The topological polar surface area (TPSA) is 75.4 Å². The quantitative estimate of drug-likeness (QED) is 0.815. The van der Waals surface area contributed by atoms with Crippen LogP contribution in [0.5, 0.6) is 0 Å². The Morgan fingerprint density at radius 2 is 2.16 bits per heavy atom. The molecule has 0 bridgehead atoms. The highest BCUT2D eigenvalue weighted by atomic mass is 32.2. The third kappa shape index (κ3) is 3.39. The van der Waals surface area contributed by atoms with E-state index in [0.717, 1.165) is 25.9 Å². The number of nitrogens with zero attached hydrogens (tertiary/aromatic N) is 1. The van der Waals surface area contributed by atoms with Crippen LogP contribution in [0.3, 0.4) is 0 Å². The number of nitrogen functional groups attached to an aromatic ring is 1. The normalized spacial score (nSPS) is 21.3. The summed E-state index contributed by atoms with van der Waals surface area (Å²) in [5, 5.41) is 3.36. The van der Waals surface area contributed by atoms with Gasteiger partial charge in [-0.2, -0.15) is 0 Å². The Labute approximate surface area is 114 Å².